The molecular formula is C13H15NO6. The van der Waals surface area contributed by atoms with Gasteiger partial charge in [-0.25, -0.2) is 4.79 Å². The number of carbonyl (C=O) groups is 1. The number of hydrogen-bond donors (Lipinski definition) is 1. The zero-order chi connectivity index (χ0) is 14.5. The van der Waals surface area contributed by atoms with Gasteiger partial charge in [-0.2, -0.15) is 0 Å². The molecule has 20 heavy (non-hydrogen) atoms. The topological polar surface area (TPSA) is 98.9 Å². The van der Waals surface area contributed by atoms with Crippen molar-refractivity contribution in [2.45, 2.75) is 31.8 Å². The third-order valence-corrected chi connectivity index (χ3v) is 3.22. The van der Waals surface area contributed by atoms with Gasteiger partial charge in [-0.15, -0.1) is 0 Å². The summed E-state index contributed by atoms with van der Waals surface area (Å²) in [7, 11) is 0. The van der Waals surface area contributed by atoms with Crippen molar-refractivity contribution < 1.29 is 24.3 Å². The molecule has 0 aliphatic heterocycles. The number of nitro benzene ring substituents is 1. The van der Waals surface area contributed by atoms with E-state index in [0.29, 0.717) is 0 Å². The van der Waals surface area contributed by atoms with Crippen molar-refractivity contribution in [2.75, 3.05) is 6.79 Å². The Hall–Kier alpha value is -2.15. The number of benzene rings is 1. The standard InChI is InChI=1S/C13H15NO6/c15-13(16)9-5-6-11(14(17)18)12(7-9)20-8-19-10-3-1-2-4-10/h5-7,10H,1-4,8H2,(H,15,16). The molecule has 108 valence electrons. The Kier molecular flexibility index (Phi) is 4.52. The summed E-state index contributed by atoms with van der Waals surface area (Å²) in [5.41, 5.74) is -0.337. The molecule has 0 aromatic heterocycles. The van der Waals surface area contributed by atoms with Gasteiger partial charge in [0.2, 0.25) is 5.75 Å². The minimum Gasteiger partial charge on any atom is -0.478 e. The number of hydrogen-bond acceptors (Lipinski definition) is 5. The lowest BCUT2D eigenvalue weighted by Gasteiger charge is -2.12. The molecule has 7 nitrogen and oxygen atoms in total. The maximum absolute atomic E-state index is 10.9. The molecule has 1 fully saturated rings. The lowest BCUT2D eigenvalue weighted by molar-refractivity contribution is -0.386. The van der Waals surface area contributed by atoms with Gasteiger partial charge in [-0.05, 0) is 18.9 Å². The van der Waals surface area contributed by atoms with E-state index in [-0.39, 0.29) is 29.9 Å². The van der Waals surface area contributed by atoms with Crippen LogP contribution in [0.4, 0.5) is 5.69 Å². The lowest BCUT2D eigenvalue weighted by atomic mass is 10.2. The van der Waals surface area contributed by atoms with Crippen LogP contribution in [0.1, 0.15) is 36.0 Å². The zero-order valence-corrected chi connectivity index (χ0v) is 10.8. The van der Waals surface area contributed by atoms with Crippen molar-refractivity contribution >= 4 is 11.7 Å². The monoisotopic (exact) mass is 281 g/mol. The molecule has 1 saturated carbocycles. The van der Waals surface area contributed by atoms with Crippen LogP contribution in [-0.2, 0) is 4.74 Å². The Morgan fingerprint density at radius 2 is 2.10 bits per heavy atom. The second-order valence-electron chi connectivity index (χ2n) is 4.58. The fraction of sp³-hybridized carbons (Fsp3) is 0.462. The Balaban J connectivity index is 2.04. The molecule has 0 amide bonds. The lowest BCUT2D eigenvalue weighted by Crippen LogP contribution is -2.13. The van der Waals surface area contributed by atoms with Crippen LogP contribution in [0.2, 0.25) is 0 Å². The summed E-state index contributed by atoms with van der Waals surface area (Å²) < 4.78 is 10.7. The average molecular weight is 281 g/mol. The first-order chi connectivity index (χ1) is 9.58. The van der Waals surface area contributed by atoms with Gasteiger partial charge in [0.15, 0.2) is 6.79 Å². The fourth-order valence-corrected chi connectivity index (χ4v) is 2.16. The van der Waals surface area contributed by atoms with Gasteiger partial charge in [0.05, 0.1) is 16.6 Å². The molecule has 0 spiro atoms. The molecule has 0 atom stereocenters. The highest BCUT2D eigenvalue weighted by Crippen LogP contribution is 2.28. The number of nitrogens with zero attached hydrogens (tertiary/aromatic N) is 1. The first kappa shape index (κ1) is 14.3. The second kappa shape index (κ2) is 6.33. The van der Waals surface area contributed by atoms with E-state index in [2.05, 4.69) is 0 Å². The van der Waals surface area contributed by atoms with E-state index >= 15 is 0 Å². The number of rotatable bonds is 6. The van der Waals surface area contributed by atoms with Crippen molar-refractivity contribution in [1.29, 1.82) is 0 Å². The van der Waals surface area contributed by atoms with Gasteiger partial charge in [-0.1, -0.05) is 12.8 Å². The summed E-state index contributed by atoms with van der Waals surface area (Å²) >= 11 is 0. The van der Waals surface area contributed by atoms with Crippen molar-refractivity contribution in [1.82, 2.24) is 0 Å². The summed E-state index contributed by atoms with van der Waals surface area (Å²) in [4.78, 5) is 21.1. The fourth-order valence-electron chi connectivity index (χ4n) is 2.16. The average Bonchev–Trinajstić information content (AvgIpc) is 2.91. The van der Waals surface area contributed by atoms with Crippen LogP contribution in [0.3, 0.4) is 0 Å². The molecule has 1 aromatic rings. The van der Waals surface area contributed by atoms with E-state index in [1.807, 2.05) is 0 Å². The van der Waals surface area contributed by atoms with Crippen LogP contribution in [0.5, 0.6) is 5.75 Å². The summed E-state index contributed by atoms with van der Waals surface area (Å²) in [5, 5.41) is 19.7. The van der Waals surface area contributed by atoms with Gasteiger partial charge in [0, 0.05) is 12.1 Å². The molecule has 1 aliphatic rings. The molecule has 0 bridgehead atoms. The first-order valence-electron chi connectivity index (χ1n) is 6.34. The van der Waals surface area contributed by atoms with E-state index in [9.17, 15) is 14.9 Å². The Bertz CT molecular complexity index is 510. The Labute approximate surface area is 115 Å². The normalized spacial score (nSPS) is 15.2. The van der Waals surface area contributed by atoms with E-state index in [0.717, 1.165) is 37.8 Å². The van der Waals surface area contributed by atoms with E-state index in [1.54, 1.807) is 0 Å². The van der Waals surface area contributed by atoms with Crippen LogP contribution in [-0.4, -0.2) is 28.9 Å². The number of aromatic carboxylic acids is 1. The maximum atomic E-state index is 10.9. The van der Waals surface area contributed by atoms with Crippen LogP contribution in [0.15, 0.2) is 18.2 Å². The van der Waals surface area contributed by atoms with Gasteiger partial charge < -0.3 is 14.6 Å². The van der Waals surface area contributed by atoms with E-state index < -0.39 is 10.9 Å². The molecule has 0 heterocycles. The third kappa shape index (κ3) is 3.45. The third-order valence-electron chi connectivity index (χ3n) is 3.22. The van der Waals surface area contributed by atoms with Gasteiger partial charge in [0.1, 0.15) is 0 Å². The molecule has 2 rings (SSSR count). The first-order valence-corrected chi connectivity index (χ1v) is 6.34. The van der Waals surface area contributed by atoms with Crippen LogP contribution < -0.4 is 4.74 Å². The highest BCUT2D eigenvalue weighted by Gasteiger charge is 2.19. The Morgan fingerprint density at radius 1 is 1.40 bits per heavy atom. The maximum Gasteiger partial charge on any atom is 0.335 e. The highest BCUT2D eigenvalue weighted by molar-refractivity contribution is 5.88. The van der Waals surface area contributed by atoms with Crippen LogP contribution in [0.25, 0.3) is 0 Å². The Morgan fingerprint density at radius 3 is 2.70 bits per heavy atom. The summed E-state index contributed by atoms with van der Waals surface area (Å²) in [5.74, 6) is -1.26. The van der Waals surface area contributed by atoms with Crippen LogP contribution in [0, 0.1) is 10.1 Å². The zero-order valence-electron chi connectivity index (χ0n) is 10.8. The molecule has 1 aliphatic carbocycles. The SMILES string of the molecule is O=C(O)c1ccc([N+](=O)[O-])c(OCOC2CCCC2)c1. The number of carboxylic acids is 1. The minimum absolute atomic E-state index is 0.0635. The van der Waals surface area contributed by atoms with Crippen molar-refractivity contribution in [3.05, 3.63) is 33.9 Å². The van der Waals surface area contributed by atoms with Gasteiger partial charge in [-0.3, -0.25) is 10.1 Å². The summed E-state index contributed by atoms with van der Waals surface area (Å²) in [6, 6.07) is 3.43. The summed E-state index contributed by atoms with van der Waals surface area (Å²) in [6.45, 7) is -0.116. The second-order valence-corrected chi connectivity index (χ2v) is 4.58. The molecule has 1 aromatic carbocycles. The molecule has 0 saturated heterocycles. The molecule has 7 heteroatoms. The molecule has 0 unspecified atom stereocenters. The van der Waals surface area contributed by atoms with Crippen LogP contribution >= 0.6 is 0 Å². The van der Waals surface area contributed by atoms with Gasteiger partial charge >= 0.3 is 11.7 Å². The smallest absolute Gasteiger partial charge is 0.335 e. The van der Waals surface area contributed by atoms with E-state index in [4.69, 9.17) is 14.6 Å². The quantitative estimate of drug-likeness (QED) is 0.489. The predicted molar refractivity (Wildman–Crippen MR) is 68.9 cm³/mol. The summed E-state index contributed by atoms with van der Waals surface area (Å²) in [6.07, 6.45) is 4.26. The van der Waals surface area contributed by atoms with Crippen molar-refractivity contribution in [3.63, 3.8) is 0 Å². The number of carboxylic acid groups (broad SMARTS) is 1. The van der Waals surface area contributed by atoms with Crippen molar-refractivity contribution in [2.24, 2.45) is 0 Å². The molecule has 0 radical (unpaired) electrons. The molecule has 1 N–H and O–H groups in total. The molecular weight excluding hydrogens is 266 g/mol. The minimum atomic E-state index is -1.17. The highest BCUT2D eigenvalue weighted by atomic mass is 16.7. The number of ether oxygens (including phenoxy) is 2. The largest absolute Gasteiger partial charge is 0.478 e. The van der Waals surface area contributed by atoms with Gasteiger partial charge in [0.25, 0.3) is 0 Å². The predicted octanol–water partition coefficient (Wildman–Crippen LogP) is 2.59. The van der Waals surface area contributed by atoms with Crippen molar-refractivity contribution in [3.8, 4) is 5.75 Å². The van der Waals surface area contributed by atoms with E-state index in [1.165, 1.54) is 6.07 Å². The number of nitro groups is 1.